The lowest BCUT2D eigenvalue weighted by atomic mass is 9.67. The fourth-order valence-electron chi connectivity index (χ4n) is 5.34. The summed E-state index contributed by atoms with van der Waals surface area (Å²) < 4.78 is 18.9. The van der Waals surface area contributed by atoms with Crippen LogP contribution in [-0.2, 0) is 14.9 Å². The number of halogens is 2. The maximum Gasteiger partial charge on any atom is 0.305 e. The minimum atomic E-state index is -0.444. The van der Waals surface area contributed by atoms with E-state index in [2.05, 4.69) is 4.90 Å². The summed E-state index contributed by atoms with van der Waals surface area (Å²) in [7, 11) is 1.40. The van der Waals surface area contributed by atoms with Crippen LogP contribution in [0.4, 0.5) is 15.8 Å². The van der Waals surface area contributed by atoms with Crippen LogP contribution in [0.15, 0.2) is 30.3 Å². The molecule has 33 heavy (non-hydrogen) atoms. The summed E-state index contributed by atoms with van der Waals surface area (Å²) in [6.07, 6.45) is 5.11. The first-order valence-corrected chi connectivity index (χ1v) is 11.9. The van der Waals surface area contributed by atoms with Crippen molar-refractivity contribution in [3.63, 3.8) is 0 Å². The van der Waals surface area contributed by atoms with Crippen molar-refractivity contribution in [1.29, 1.82) is 0 Å². The Labute approximate surface area is 197 Å². The van der Waals surface area contributed by atoms with Crippen molar-refractivity contribution in [1.82, 2.24) is 9.88 Å². The number of aromatic nitrogens is 1. The third-order valence-corrected chi connectivity index (χ3v) is 7.76. The second-order valence-corrected chi connectivity index (χ2v) is 9.81. The van der Waals surface area contributed by atoms with Crippen molar-refractivity contribution in [3.8, 4) is 0 Å². The third-order valence-electron chi connectivity index (χ3n) is 7.46. The number of fused-ring (bicyclic) bond motifs is 2. The molecule has 3 aliphatic rings. The molecule has 1 aromatic carbocycles. The fourth-order valence-corrected chi connectivity index (χ4v) is 5.46. The van der Waals surface area contributed by atoms with Gasteiger partial charge in [-0.05, 0) is 61.9 Å². The molecular formula is C25H27ClFN3O3. The zero-order valence-electron chi connectivity index (χ0n) is 18.7. The van der Waals surface area contributed by atoms with Gasteiger partial charge < -0.3 is 14.5 Å². The quantitative estimate of drug-likeness (QED) is 0.596. The summed E-state index contributed by atoms with van der Waals surface area (Å²) in [5.41, 5.74) is 2.99. The molecule has 0 radical (unpaired) electrons. The lowest BCUT2D eigenvalue weighted by molar-refractivity contribution is -0.142. The summed E-state index contributed by atoms with van der Waals surface area (Å²) >= 11 is 5.88. The van der Waals surface area contributed by atoms with Crippen LogP contribution in [0.2, 0.25) is 5.02 Å². The highest BCUT2D eigenvalue weighted by Crippen LogP contribution is 2.53. The Morgan fingerprint density at radius 2 is 1.97 bits per heavy atom. The van der Waals surface area contributed by atoms with E-state index in [1.807, 2.05) is 17.0 Å². The number of anilines is 2. The van der Waals surface area contributed by atoms with Gasteiger partial charge >= 0.3 is 5.97 Å². The largest absolute Gasteiger partial charge is 0.469 e. The second-order valence-electron chi connectivity index (χ2n) is 9.40. The van der Waals surface area contributed by atoms with Gasteiger partial charge in [0.25, 0.3) is 5.91 Å². The first-order chi connectivity index (χ1) is 15.9. The van der Waals surface area contributed by atoms with Crippen LogP contribution in [0.3, 0.4) is 0 Å². The predicted molar refractivity (Wildman–Crippen MR) is 123 cm³/mol. The third kappa shape index (κ3) is 3.97. The first kappa shape index (κ1) is 22.1. The Morgan fingerprint density at radius 1 is 1.21 bits per heavy atom. The van der Waals surface area contributed by atoms with E-state index in [4.69, 9.17) is 21.3 Å². The fraction of sp³-hybridized carbons (Fsp3) is 0.480. The van der Waals surface area contributed by atoms with E-state index in [1.54, 1.807) is 12.1 Å². The van der Waals surface area contributed by atoms with Gasteiger partial charge in [0, 0.05) is 37.2 Å². The number of benzene rings is 1. The summed E-state index contributed by atoms with van der Waals surface area (Å²) in [6, 6.07) is 8.58. The van der Waals surface area contributed by atoms with E-state index in [0.717, 1.165) is 55.7 Å². The van der Waals surface area contributed by atoms with Gasteiger partial charge in [0.2, 0.25) is 0 Å². The van der Waals surface area contributed by atoms with Crippen LogP contribution in [0, 0.1) is 11.7 Å². The Kier molecular flexibility index (Phi) is 5.77. The molecule has 2 fully saturated rings. The number of hydrogen-bond acceptors (Lipinski definition) is 5. The molecule has 174 valence electrons. The monoisotopic (exact) mass is 471 g/mol. The number of pyridine rings is 1. The molecule has 0 unspecified atom stereocenters. The molecule has 2 aromatic rings. The standard InChI is InChI=1S/C25H27ClFN3O3/c1-33-22(31)13-16-7-11-29(12-8-16)24(32)20-5-6-21-23(28-20)25(9-2-10-25)15-30(21)17-3-4-18(26)19(27)14-17/h3-6,14,16H,2,7-13,15H2,1H3. The highest BCUT2D eigenvalue weighted by molar-refractivity contribution is 6.30. The van der Waals surface area contributed by atoms with Crippen molar-refractivity contribution < 1.29 is 18.7 Å². The maximum absolute atomic E-state index is 14.1. The number of amides is 1. The molecule has 5 rings (SSSR count). The molecule has 0 N–H and O–H groups in total. The van der Waals surface area contributed by atoms with Crippen LogP contribution in [0.5, 0.6) is 0 Å². The minimum absolute atomic E-state index is 0.0696. The van der Waals surface area contributed by atoms with Crippen LogP contribution in [-0.4, -0.2) is 48.5 Å². The number of carbonyl (C=O) groups excluding carboxylic acids is 2. The van der Waals surface area contributed by atoms with Crippen LogP contribution in [0.1, 0.15) is 54.7 Å². The van der Waals surface area contributed by atoms with Crippen LogP contribution >= 0.6 is 11.6 Å². The smallest absolute Gasteiger partial charge is 0.305 e. The topological polar surface area (TPSA) is 62.7 Å². The number of hydrogen-bond donors (Lipinski definition) is 0. The predicted octanol–water partition coefficient (Wildman–Crippen LogP) is 4.86. The first-order valence-electron chi connectivity index (χ1n) is 11.5. The number of carbonyl (C=O) groups is 2. The summed E-state index contributed by atoms with van der Waals surface area (Å²) in [6.45, 7) is 1.95. The van der Waals surface area contributed by atoms with Gasteiger partial charge in [0.15, 0.2) is 0 Å². The maximum atomic E-state index is 14.1. The molecule has 2 aliphatic heterocycles. The molecule has 1 spiro atoms. The summed E-state index contributed by atoms with van der Waals surface area (Å²) in [5, 5.41) is 0.103. The van der Waals surface area contributed by atoms with E-state index < -0.39 is 5.82 Å². The number of likely N-dealkylation sites (tertiary alicyclic amines) is 1. The molecule has 3 heterocycles. The van der Waals surface area contributed by atoms with Crippen molar-refractivity contribution in [2.75, 3.05) is 31.6 Å². The summed E-state index contributed by atoms with van der Waals surface area (Å²) in [5.74, 6) is -0.461. The molecule has 1 aliphatic carbocycles. The van der Waals surface area contributed by atoms with E-state index in [1.165, 1.54) is 13.2 Å². The van der Waals surface area contributed by atoms with Gasteiger partial charge in [-0.2, -0.15) is 0 Å². The van der Waals surface area contributed by atoms with Crippen molar-refractivity contribution in [2.24, 2.45) is 5.92 Å². The Hall–Kier alpha value is -2.67. The van der Waals surface area contributed by atoms with Gasteiger partial charge in [0.05, 0.1) is 23.5 Å². The van der Waals surface area contributed by atoms with E-state index in [-0.39, 0.29) is 28.2 Å². The molecule has 1 saturated heterocycles. The Morgan fingerprint density at radius 3 is 2.61 bits per heavy atom. The zero-order chi connectivity index (χ0) is 23.2. The minimum Gasteiger partial charge on any atom is -0.469 e. The molecule has 6 nitrogen and oxygen atoms in total. The van der Waals surface area contributed by atoms with Crippen LogP contribution < -0.4 is 4.90 Å². The molecule has 1 amide bonds. The van der Waals surface area contributed by atoms with Gasteiger partial charge in [-0.25, -0.2) is 9.37 Å². The molecular weight excluding hydrogens is 445 g/mol. The number of piperidine rings is 1. The number of rotatable bonds is 4. The number of ether oxygens (including phenoxy) is 1. The number of nitrogens with zero attached hydrogens (tertiary/aromatic N) is 3. The van der Waals surface area contributed by atoms with E-state index >= 15 is 0 Å². The number of methoxy groups -OCH3 is 1. The lowest BCUT2D eigenvalue weighted by Crippen LogP contribution is -2.40. The number of esters is 1. The normalized spacial score (nSPS) is 19.4. The zero-order valence-corrected chi connectivity index (χ0v) is 19.4. The van der Waals surface area contributed by atoms with Gasteiger partial charge in [-0.15, -0.1) is 0 Å². The van der Waals surface area contributed by atoms with Crippen LogP contribution in [0.25, 0.3) is 0 Å². The Balaban J connectivity index is 1.37. The van der Waals surface area contributed by atoms with Gasteiger partial charge in [0.1, 0.15) is 11.5 Å². The highest BCUT2D eigenvalue weighted by atomic mass is 35.5. The van der Waals surface area contributed by atoms with Gasteiger partial charge in [-0.3, -0.25) is 9.59 Å². The second kappa shape index (κ2) is 8.60. The average molecular weight is 472 g/mol. The summed E-state index contributed by atoms with van der Waals surface area (Å²) in [4.78, 5) is 33.6. The van der Waals surface area contributed by atoms with Crippen molar-refractivity contribution in [3.05, 3.63) is 52.6 Å². The van der Waals surface area contributed by atoms with Gasteiger partial charge in [-0.1, -0.05) is 18.0 Å². The molecule has 0 bridgehead atoms. The Bertz CT molecular complexity index is 1100. The molecule has 8 heteroatoms. The van der Waals surface area contributed by atoms with Crippen molar-refractivity contribution >= 4 is 34.9 Å². The lowest BCUT2D eigenvalue weighted by Gasteiger charge is -2.38. The highest BCUT2D eigenvalue weighted by Gasteiger charge is 2.49. The molecule has 0 atom stereocenters. The van der Waals surface area contributed by atoms with E-state index in [9.17, 15) is 14.0 Å². The van der Waals surface area contributed by atoms with E-state index in [0.29, 0.717) is 25.2 Å². The molecule has 1 aromatic heterocycles. The average Bonchev–Trinajstić information content (AvgIpc) is 3.16. The molecule has 1 saturated carbocycles. The van der Waals surface area contributed by atoms with Crippen molar-refractivity contribution in [2.45, 2.75) is 43.9 Å². The SMILES string of the molecule is COC(=O)CC1CCN(C(=O)c2ccc3c(n2)C2(CCC2)CN3c2ccc(Cl)c(F)c2)CC1.